The Balaban J connectivity index is 0.00000106. The number of hydrogen-bond acceptors (Lipinski definition) is 4. The van der Waals surface area contributed by atoms with Gasteiger partial charge in [0.2, 0.25) is 5.43 Å². The molecule has 0 amide bonds. The minimum atomic E-state index is -0.0783. The summed E-state index contributed by atoms with van der Waals surface area (Å²) in [5, 5.41) is 23.6. The van der Waals surface area contributed by atoms with Crippen molar-refractivity contribution in [3.8, 4) is 12.1 Å². The Hall–Kier alpha value is -4.87. The van der Waals surface area contributed by atoms with Gasteiger partial charge in [0, 0.05) is 21.5 Å². The zero-order valence-electron chi connectivity index (χ0n) is 18.5. The highest BCUT2D eigenvalue weighted by Crippen LogP contribution is 2.43. The van der Waals surface area contributed by atoms with E-state index in [0.29, 0.717) is 33.1 Å². The molecule has 0 spiro atoms. The van der Waals surface area contributed by atoms with Crippen LogP contribution < -0.4 is 5.43 Å². The summed E-state index contributed by atoms with van der Waals surface area (Å²) in [5.41, 5.74) is 4.66. The van der Waals surface area contributed by atoms with Crippen molar-refractivity contribution in [2.75, 3.05) is 0 Å². The Kier molecular flexibility index (Phi) is 4.11. The fraction of sp³-hybridized carbons (Fsp3) is 0.0690. The Morgan fingerprint density at radius 3 is 2.06 bits per heavy atom. The topological polar surface area (TPSA) is 82.2 Å². The quantitative estimate of drug-likeness (QED) is 0.242. The van der Waals surface area contributed by atoms with Crippen LogP contribution in [0.4, 0.5) is 0 Å². The first-order chi connectivity index (χ1) is 16.7. The van der Waals surface area contributed by atoms with Crippen molar-refractivity contribution in [1.82, 2.24) is 4.40 Å². The lowest BCUT2D eigenvalue weighted by molar-refractivity contribution is 0.661. The van der Waals surface area contributed by atoms with E-state index in [1.54, 1.807) is 24.3 Å². The number of para-hydroxylation sites is 1. The number of nitriles is 2. The molecule has 0 saturated carbocycles. The number of nitrogens with zero attached hydrogens (tertiary/aromatic N) is 3. The Bertz CT molecular complexity index is 2080. The van der Waals surface area contributed by atoms with Gasteiger partial charge in [-0.25, -0.2) is 0 Å². The molecule has 0 atom stereocenters. The third-order valence-electron chi connectivity index (χ3n) is 6.36. The van der Waals surface area contributed by atoms with Crippen molar-refractivity contribution in [3.63, 3.8) is 0 Å². The van der Waals surface area contributed by atoms with E-state index in [1.807, 2.05) is 56.3 Å². The summed E-state index contributed by atoms with van der Waals surface area (Å²) in [6, 6.07) is 24.7. The summed E-state index contributed by atoms with van der Waals surface area (Å²) >= 11 is 0. The van der Waals surface area contributed by atoms with E-state index in [0.717, 1.165) is 38.1 Å². The smallest absolute Gasteiger partial charge is 0.201 e. The molecule has 3 heterocycles. The largest absolute Gasteiger partial charge is 0.456 e. The number of fused-ring (bicyclic) bond motifs is 9. The molecule has 0 bridgehead atoms. The molecule has 0 radical (unpaired) electrons. The molecule has 7 aromatic rings. The summed E-state index contributed by atoms with van der Waals surface area (Å²) < 4.78 is 8.27. The van der Waals surface area contributed by atoms with E-state index >= 15 is 0 Å². The van der Waals surface area contributed by atoms with Gasteiger partial charge in [0.05, 0.1) is 50.6 Å². The standard InChI is InChI=1S/C27H11N3O2.C2H6/c28-12-14-5-7-16-19-11-23-25(27(31)18-3-1-2-4-22(18)32-23)24-17-8-6-15(13-29)10-21(17)30(26(19)24)20(16)9-14;1-2/h1-11H;1-2H3. The number of benzene rings is 4. The molecular formula is C29H17N3O2. The van der Waals surface area contributed by atoms with Crippen LogP contribution in [0, 0.1) is 22.7 Å². The molecule has 5 heteroatoms. The van der Waals surface area contributed by atoms with E-state index in [9.17, 15) is 15.3 Å². The highest BCUT2D eigenvalue weighted by atomic mass is 16.3. The SMILES string of the molecule is CC.N#Cc1ccc2c3cc4oc5ccccc5c(=O)c4c4c5ccc(C#N)cc5n(c2c1)c34. The summed E-state index contributed by atoms with van der Waals surface area (Å²) in [6.07, 6.45) is 0. The Labute approximate surface area is 193 Å². The van der Waals surface area contributed by atoms with Gasteiger partial charge in [-0.05, 0) is 42.5 Å². The molecule has 0 unspecified atom stereocenters. The predicted molar refractivity (Wildman–Crippen MR) is 135 cm³/mol. The molecule has 0 aliphatic carbocycles. The lowest BCUT2D eigenvalue weighted by Gasteiger charge is -2.04. The fourth-order valence-corrected chi connectivity index (χ4v) is 5.03. The molecule has 160 valence electrons. The van der Waals surface area contributed by atoms with Crippen LogP contribution in [0.3, 0.4) is 0 Å². The van der Waals surface area contributed by atoms with Gasteiger partial charge in [0.15, 0.2) is 0 Å². The second-order valence-electron chi connectivity index (χ2n) is 7.97. The van der Waals surface area contributed by atoms with Crippen molar-refractivity contribution < 1.29 is 4.42 Å². The number of rotatable bonds is 0. The van der Waals surface area contributed by atoms with Crippen LogP contribution in [-0.2, 0) is 0 Å². The maximum absolute atomic E-state index is 13.6. The Morgan fingerprint density at radius 2 is 1.35 bits per heavy atom. The molecule has 34 heavy (non-hydrogen) atoms. The molecule has 5 nitrogen and oxygen atoms in total. The molecule has 0 aliphatic rings. The molecule has 0 saturated heterocycles. The molecule has 4 aromatic carbocycles. The lowest BCUT2D eigenvalue weighted by atomic mass is 10.0. The highest BCUT2D eigenvalue weighted by molar-refractivity contribution is 6.31. The van der Waals surface area contributed by atoms with E-state index in [1.165, 1.54) is 0 Å². The van der Waals surface area contributed by atoms with Crippen LogP contribution in [0.1, 0.15) is 25.0 Å². The zero-order valence-corrected chi connectivity index (χ0v) is 18.5. The van der Waals surface area contributed by atoms with Crippen LogP contribution in [0.15, 0.2) is 75.9 Å². The second kappa shape index (κ2) is 7.07. The minimum absolute atomic E-state index is 0.0783. The fourth-order valence-electron chi connectivity index (χ4n) is 5.03. The molecular weight excluding hydrogens is 422 g/mol. The lowest BCUT2D eigenvalue weighted by Crippen LogP contribution is -2.02. The van der Waals surface area contributed by atoms with Crippen LogP contribution in [0.25, 0.3) is 60.0 Å². The monoisotopic (exact) mass is 439 g/mol. The maximum Gasteiger partial charge on any atom is 0.201 e. The van der Waals surface area contributed by atoms with Crippen LogP contribution in [0.5, 0.6) is 0 Å². The van der Waals surface area contributed by atoms with Gasteiger partial charge in [0.1, 0.15) is 11.2 Å². The van der Waals surface area contributed by atoms with Crippen LogP contribution in [0.2, 0.25) is 0 Å². The van der Waals surface area contributed by atoms with Crippen LogP contribution >= 0.6 is 0 Å². The van der Waals surface area contributed by atoms with Gasteiger partial charge in [-0.1, -0.05) is 38.1 Å². The van der Waals surface area contributed by atoms with Crippen molar-refractivity contribution in [2.45, 2.75) is 13.8 Å². The third-order valence-corrected chi connectivity index (χ3v) is 6.36. The number of aromatic nitrogens is 1. The van der Waals surface area contributed by atoms with E-state index < -0.39 is 0 Å². The van der Waals surface area contributed by atoms with Gasteiger partial charge in [-0.3, -0.25) is 4.79 Å². The summed E-state index contributed by atoms with van der Waals surface area (Å²) in [5.74, 6) is 0. The van der Waals surface area contributed by atoms with E-state index in [4.69, 9.17) is 4.42 Å². The third kappa shape index (κ3) is 2.38. The minimum Gasteiger partial charge on any atom is -0.456 e. The van der Waals surface area contributed by atoms with Crippen molar-refractivity contribution in [3.05, 3.63) is 88.1 Å². The first-order valence-corrected chi connectivity index (χ1v) is 11.1. The van der Waals surface area contributed by atoms with Gasteiger partial charge in [-0.15, -0.1) is 0 Å². The average molecular weight is 439 g/mol. The van der Waals surface area contributed by atoms with Crippen LogP contribution in [-0.4, -0.2) is 4.40 Å². The van der Waals surface area contributed by atoms with Gasteiger partial charge in [0.25, 0.3) is 0 Å². The zero-order chi connectivity index (χ0) is 23.6. The predicted octanol–water partition coefficient (Wildman–Crippen LogP) is 6.87. The maximum atomic E-state index is 13.6. The molecule has 0 fully saturated rings. The summed E-state index contributed by atoms with van der Waals surface area (Å²) in [7, 11) is 0. The molecule has 0 aliphatic heterocycles. The second-order valence-corrected chi connectivity index (χ2v) is 7.97. The highest BCUT2D eigenvalue weighted by Gasteiger charge is 2.23. The van der Waals surface area contributed by atoms with Crippen molar-refractivity contribution >= 4 is 60.0 Å². The first-order valence-electron chi connectivity index (χ1n) is 11.1. The first kappa shape index (κ1) is 19.8. The van der Waals surface area contributed by atoms with Gasteiger partial charge < -0.3 is 8.82 Å². The van der Waals surface area contributed by atoms with E-state index in [2.05, 4.69) is 16.5 Å². The summed E-state index contributed by atoms with van der Waals surface area (Å²) in [4.78, 5) is 13.6. The molecule has 3 aromatic heterocycles. The average Bonchev–Trinajstić information content (AvgIpc) is 3.40. The van der Waals surface area contributed by atoms with E-state index in [-0.39, 0.29) is 5.43 Å². The molecule has 0 N–H and O–H groups in total. The van der Waals surface area contributed by atoms with Crippen molar-refractivity contribution in [2.24, 2.45) is 0 Å². The van der Waals surface area contributed by atoms with Gasteiger partial charge in [-0.2, -0.15) is 10.5 Å². The molecule has 7 rings (SSSR count). The Morgan fingerprint density at radius 1 is 0.706 bits per heavy atom. The normalized spacial score (nSPS) is 11.3. The summed E-state index contributed by atoms with van der Waals surface area (Å²) in [6.45, 7) is 4.00. The van der Waals surface area contributed by atoms with Crippen molar-refractivity contribution in [1.29, 1.82) is 10.5 Å². The van der Waals surface area contributed by atoms with Gasteiger partial charge >= 0.3 is 0 Å². The number of hydrogen-bond donors (Lipinski definition) is 0.